The Bertz CT molecular complexity index is 926. The summed E-state index contributed by atoms with van der Waals surface area (Å²) in [5, 5.41) is 2.87. The topological polar surface area (TPSA) is 75.7 Å². The molecule has 0 radical (unpaired) electrons. The molecule has 2 aromatic rings. The van der Waals surface area contributed by atoms with E-state index in [1.165, 1.54) is 0 Å². The highest BCUT2D eigenvalue weighted by Crippen LogP contribution is 2.29. The number of rotatable bonds is 8. The summed E-state index contributed by atoms with van der Waals surface area (Å²) in [6.45, 7) is 5.52. The Balaban J connectivity index is 2.26. The van der Waals surface area contributed by atoms with Crippen molar-refractivity contribution in [3.05, 3.63) is 59.7 Å². The van der Waals surface area contributed by atoms with Gasteiger partial charge >= 0.3 is 0 Å². The molecule has 0 unspecified atom stereocenters. The van der Waals surface area contributed by atoms with E-state index in [1.54, 1.807) is 19.2 Å². The van der Waals surface area contributed by atoms with Crippen molar-refractivity contribution < 1.29 is 17.9 Å². The molecule has 0 aliphatic carbocycles. The lowest BCUT2D eigenvalue weighted by atomic mass is 10.0. The van der Waals surface area contributed by atoms with Crippen molar-refractivity contribution in [2.45, 2.75) is 32.7 Å². The molecule has 2 aromatic carbocycles. The number of carbonyl (C=O) groups excluding carboxylic acids is 1. The number of anilines is 1. The number of methoxy groups -OCH3 is 1. The first-order chi connectivity index (χ1) is 13.1. The average molecular weight is 405 g/mol. The second-order valence-electron chi connectivity index (χ2n) is 7.01. The number of benzene rings is 2. The molecule has 0 saturated heterocycles. The summed E-state index contributed by atoms with van der Waals surface area (Å²) in [5.41, 5.74) is 2.23. The quantitative estimate of drug-likeness (QED) is 0.731. The maximum absolute atomic E-state index is 12.7. The Morgan fingerprint density at radius 1 is 1.04 bits per heavy atom. The number of nitrogens with zero attached hydrogens (tertiary/aromatic N) is 1. The number of ether oxygens (including phenoxy) is 1. The van der Waals surface area contributed by atoms with E-state index in [9.17, 15) is 13.2 Å². The molecule has 0 aliphatic heterocycles. The number of carbonyl (C=O) groups is 1. The second kappa shape index (κ2) is 9.10. The molecule has 28 heavy (non-hydrogen) atoms. The van der Waals surface area contributed by atoms with Crippen LogP contribution in [0.25, 0.3) is 0 Å². The van der Waals surface area contributed by atoms with Crippen molar-refractivity contribution in [2.75, 3.05) is 24.2 Å². The summed E-state index contributed by atoms with van der Waals surface area (Å²) in [4.78, 5) is 12.7. The van der Waals surface area contributed by atoms with Gasteiger partial charge in [-0.25, -0.2) is 8.42 Å². The Kier molecular flexibility index (Phi) is 7.07. The highest BCUT2D eigenvalue weighted by atomic mass is 32.2. The molecule has 0 spiro atoms. The molecule has 1 atom stereocenters. The van der Waals surface area contributed by atoms with Crippen LogP contribution in [0.2, 0.25) is 0 Å². The number of hydrogen-bond acceptors (Lipinski definition) is 4. The maximum Gasteiger partial charge on any atom is 0.241 e. The zero-order valence-corrected chi connectivity index (χ0v) is 17.8. The number of amides is 1. The lowest BCUT2D eigenvalue weighted by Crippen LogP contribution is -2.41. The molecule has 0 fully saturated rings. The van der Waals surface area contributed by atoms with Gasteiger partial charge in [0.2, 0.25) is 15.9 Å². The largest absolute Gasteiger partial charge is 0.496 e. The summed E-state index contributed by atoms with van der Waals surface area (Å²) in [7, 11) is -2.06. The van der Waals surface area contributed by atoms with Crippen molar-refractivity contribution in [1.82, 2.24) is 5.32 Å². The predicted molar refractivity (Wildman–Crippen MR) is 112 cm³/mol. The molecule has 0 aromatic heterocycles. The van der Waals surface area contributed by atoms with E-state index in [0.717, 1.165) is 21.7 Å². The molecule has 6 nitrogen and oxygen atoms in total. The fourth-order valence-corrected chi connectivity index (χ4v) is 3.98. The fraction of sp³-hybridized carbons (Fsp3) is 0.381. The predicted octanol–water partition coefficient (Wildman–Crippen LogP) is 3.46. The van der Waals surface area contributed by atoms with Gasteiger partial charge in [-0.1, -0.05) is 50.2 Å². The molecule has 2 rings (SSSR count). The van der Waals surface area contributed by atoms with Crippen LogP contribution in [0.5, 0.6) is 5.75 Å². The number of nitrogens with one attached hydrogen (secondary N) is 1. The molecule has 0 aliphatic rings. The first kappa shape index (κ1) is 21.8. The van der Waals surface area contributed by atoms with Gasteiger partial charge in [0.15, 0.2) is 0 Å². The van der Waals surface area contributed by atoms with Gasteiger partial charge in [0.1, 0.15) is 12.3 Å². The third-order valence-corrected chi connectivity index (χ3v) is 5.62. The standard InChI is InChI=1S/C21H28N2O4S/c1-15(2)17-10-6-8-12-19(17)23(28(5,25)26)14-21(24)22-16(3)18-11-7-9-13-20(18)27-4/h6-13,15-16H,14H2,1-5H3,(H,22,24)/t16-/m1/s1. The van der Waals surface area contributed by atoms with Crippen LogP contribution in [0.15, 0.2) is 48.5 Å². The molecule has 1 amide bonds. The Morgan fingerprint density at radius 3 is 2.18 bits per heavy atom. The molecule has 7 heteroatoms. The van der Waals surface area contributed by atoms with Gasteiger partial charge in [-0.05, 0) is 30.5 Å². The normalized spacial score (nSPS) is 12.5. The minimum Gasteiger partial charge on any atom is -0.496 e. The first-order valence-electron chi connectivity index (χ1n) is 9.14. The highest BCUT2D eigenvalue weighted by molar-refractivity contribution is 7.92. The number of sulfonamides is 1. The van der Waals surface area contributed by atoms with Crippen LogP contribution in [0.1, 0.15) is 43.9 Å². The van der Waals surface area contributed by atoms with Gasteiger partial charge in [0.25, 0.3) is 0 Å². The SMILES string of the molecule is COc1ccccc1[C@@H](C)NC(=O)CN(c1ccccc1C(C)C)S(C)(=O)=O. The summed E-state index contributed by atoms with van der Waals surface area (Å²) in [6, 6.07) is 14.3. The van der Waals surface area contributed by atoms with Crippen LogP contribution < -0.4 is 14.4 Å². The summed E-state index contributed by atoms with van der Waals surface area (Å²) in [5.74, 6) is 0.402. The monoisotopic (exact) mass is 404 g/mol. The van der Waals surface area contributed by atoms with Crippen molar-refractivity contribution in [3.8, 4) is 5.75 Å². The molecule has 0 saturated carbocycles. The second-order valence-corrected chi connectivity index (χ2v) is 8.92. The summed E-state index contributed by atoms with van der Waals surface area (Å²) < 4.78 is 31.3. The van der Waals surface area contributed by atoms with Crippen LogP contribution in [0.3, 0.4) is 0 Å². The average Bonchev–Trinajstić information content (AvgIpc) is 2.65. The van der Waals surface area contributed by atoms with Crippen molar-refractivity contribution in [1.29, 1.82) is 0 Å². The van der Waals surface area contributed by atoms with Crippen LogP contribution in [0.4, 0.5) is 5.69 Å². The molecule has 1 N–H and O–H groups in total. The van der Waals surface area contributed by atoms with E-state index < -0.39 is 10.0 Å². The van der Waals surface area contributed by atoms with Gasteiger partial charge in [0.05, 0.1) is 25.1 Å². The zero-order valence-electron chi connectivity index (χ0n) is 17.0. The maximum atomic E-state index is 12.7. The van der Waals surface area contributed by atoms with Gasteiger partial charge in [-0.3, -0.25) is 9.10 Å². The van der Waals surface area contributed by atoms with Crippen molar-refractivity contribution in [2.24, 2.45) is 0 Å². The third-order valence-electron chi connectivity index (χ3n) is 4.50. The molecular weight excluding hydrogens is 376 g/mol. The van der Waals surface area contributed by atoms with Crippen LogP contribution in [-0.2, 0) is 14.8 Å². The van der Waals surface area contributed by atoms with E-state index in [2.05, 4.69) is 5.32 Å². The van der Waals surface area contributed by atoms with Crippen molar-refractivity contribution in [3.63, 3.8) is 0 Å². The molecule has 0 bridgehead atoms. The highest BCUT2D eigenvalue weighted by Gasteiger charge is 2.25. The smallest absolute Gasteiger partial charge is 0.241 e. The Morgan fingerprint density at radius 2 is 1.61 bits per heavy atom. The van der Waals surface area contributed by atoms with Crippen LogP contribution in [-0.4, -0.2) is 34.2 Å². The van der Waals surface area contributed by atoms with Gasteiger partial charge < -0.3 is 10.1 Å². The van der Waals surface area contributed by atoms with Crippen LogP contribution >= 0.6 is 0 Å². The number of para-hydroxylation sites is 2. The summed E-state index contributed by atoms with van der Waals surface area (Å²) in [6.07, 6.45) is 1.11. The van der Waals surface area contributed by atoms with Crippen LogP contribution in [0, 0.1) is 0 Å². The number of hydrogen-bond donors (Lipinski definition) is 1. The van der Waals surface area contributed by atoms with E-state index in [1.807, 2.05) is 57.2 Å². The third kappa shape index (κ3) is 5.25. The summed E-state index contributed by atoms with van der Waals surface area (Å²) >= 11 is 0. The van der Waals surface area contributed by atoms with E-state index in [4.69, 9.17) is 4.74 Å². The zero-order chi connectivity index (χ0) is 20.9. The Hall–Kier alpha value is -2.54. The molecular formula is C21H28N2O4S. The fourth-order valence-electron chi connectivity index (χ4n) is 3.10. The molecule has 152 valence electrons. The minimum absolute atomic E-state index is 0.121. The first-order valence-corrected chi connectivity index (χ1v) is 11.0. The molecule has 0 heterocycles. The lowest BCUT2D eigenvalue weighted by Gasteiger charge is -2.26. The van der Waals surface area contributed by atoms with Gasteiger partial charge in [-0.2, -0.15) is 0 Å². The van der Waals surface area contributed by atoms with Crippen molar-refractivity contribution >= 4 is 21.6 Å². The van der Waals surface area contributed by atoms with Gasteiger partial charge in [-0.15, -0.1) is 0 Å². The van der Waals surface area contributed by atoms with E-state index in [-0.39, 0.29) is 24.4 Å². The Labute approximate surface area is 167 Å². The van der Waals surface area contributed by atoms with E-state index in [0.29, 0.717) is 11.4 Å². The van der Waals surface area contributed by atoms with E-state index >= 15 is 0 Å². The lowest BCUT2D eigenvalue weighted by molar-refractivity contribution is -0.120. The van der Waals surface area contributed by atoms with Gasteiger partial charge in [0, 0.05) is 5.56 Å². The minimum atomic E-state index is -3.63.